The minimum atomic E-state index is -3.42. The molecule has 112 valence electrons. The summed E-state index contributed by atoms with van der Waals surface area (Å²) in [5.41, 5.74) is 1.06. The Morgan fingerprint density at radius 2 is 1.65 bits per heavy atom. The SMILES string of the molecule is Cc1ccc(S(=O)(=O)N[C@@H]2CCCCCC[C@H]2Br)cc1. The molecule has 5 heteroatoms. The van der Waals surface area contributed by atoms with Crippen LogP contribution in [0.3, 0.4) is 0 Å². The lowest BCUT2D eigenvalue weighted by Gasteiger charge is -2.26. The van der Waals surface area contributed by atoms with Crippen LogP contribution in [0.2, 0.25) is 0 Å². The van der Waals surface area contributed by atoms with Gasteiger partial charge in [0.1, 0.15) is 0 Å². The normalized spacial score (nSPS) is 24.9. The van der Waals surface area contributed by atoms with E-state index in [4.69, 9.17) is 0 Å². The number of alkyl halides is 1. The summed E-state index contributed by atoms with van der Waals surface area (Å²) >= 11 is 3.65. The summed E-state index contributed by atoms with van der Waals surface area (Å²) < 4.78 is 27.7. The molecule has 1 aliphatic rings. The molecule has 0 bridgehead atoms. The molecule has 1 N–H and O–H groups in total. The Morgan fingerprint density at radius 3 is 2.30 bits per heavy atom. The second kappa shape index (κ2) is 7.05. The van der Waals surface area contributed by atoms with Gasteiger partial charge in [0.05, 0.1) is 4.90 Å². The fraction of sp³-hybridized carbons (Fsp3) is 0.600. The molecule has 1 saturated carbocycles. The maximum atomic E-state index is 12.4. The molecule has 20 heavy (non-hydrogen) atoms. The second-order valence-corrected chi connectivity index (χ2v) is 8.44. The maximum Gasteiger partial charge on any atom is 0.240 e. The van der Waals surface area contributed by atoms with Gasteiger partial charge in [-0.3, -0.25) is 0 Å². The number of halogens is 1. The lowest BCUT2D eigenvalue weighted by molar-refractivity contribution is 0.439. The van der Waals surface area contributed by atoms with E-state index in [0.29, 0.717) is 4.90 Å². The van der Waals surface area contributed by atoms with E-state index in [-0.39, 0.29) is 10.9 Å². The molecule has 0 heterocycles. The summed E-state index contributed by atoms with van der Waals surface area (Å²) in [6.07, 6.45) is 6.63. The molecule has 0 unspecified atom stereocenters. The topological polar surface area (TPSA) is 46.2 Å². The highest BCUT2D eigenvalue weighted by molar-refractivity contribution is 9.09. The molecule has 0 aliphatic heterocycles. The summed E-state index contributed by atoms with van der Waals surface area (Å²) in [6, 6.07) is 6.99. The predicted octanol–water partition coefficient (Wildman–Crippen LogP) is 3.76. The summed E-state index contributed by atoms with van der Waals surface area (Å²) in [6.45, 7) is 1.95. The Hall–Kier alpha value is -0.390. The molecule has 0 radical (unpaired) electrons. The zero-order valence-corrected chi connectivity index (χ0v) is 14.2. The second-order valence-electron chi connectivity index (χ2n) is 5.55. The number of sulfonamides is 1. The molecule has 0 spiro atoms. The molecule has 2 atom stereocenters. The highest BCUT2D eigenvalue weighted by Gasteiger charge is 2.26. The van der Waals surface area contributed by atoms with Gasteiger partial charge in [-0.1, -0.05) is 59.3 Å². The van der Waals surface area contributed by atoms with Gasteiger partial charge in [0.15, 0.2) is 0 Å². The van der Waals surface area contributed by atoms with Gasteiger partial charge in [0.2, 0.25) is 10.0 Å². The number of hydrogen-bond acceptors (Lipinski definition) is 2. The van der Waals surface area contributed by atoms with E-state index in [1.807, 2.05) is 19.1 Å². The summed E-state index contributed by atoms with van der Waals surface area (Å²) in [4.78, 5) is 0.577. The quantitative estimate of drug-likeness (QED) is 0.835. The fourth-order valence-corrected chi connectivity index (χ4v) is 4.76. The predicted molar refractivity (Wildman–Crippen MR) is 85.7 cm³/mol. The Morgan fingerprint density at radius 1 is 1.05 bits per heavy atom. The Labute approximate surface area is 130 Å². The third-order valence-electron chi connectivity index (χ3n) is 3.82. The first-order chi connectivity index (χ1) is 9.49. The highest BCUT2D eigenvalue weighted by atomic mass is 79.9. The molecule has 1 aliphatic carbocycles. The lowest BCUT2D eigenvalue weighted by Crippen LogP contribution is -2.41. The Kier molecular flexibility index (Phi) is 5.64. The van der Waals surface area contributed by atoms with E-state index in [2.05, 4.69) is 20.7 Å². The van der Waals surface area contributed by atoms with Crippen LogP contribution in [0, 0.1) is 6.92 Å². The van der Waals surface area contributed by atoms with E-state index in [1.54, 1.807) is 12.1 Å². The number of nitrogens with one attached hydrogen (secondary N) is 1. The largest absolute Gasteiger partial charge is 0.240 e. The average Bonchev–Trinajstić information content (AvgIpc) is 2.39. The third kappa shape index (κ3) is 4.30. The van der Waals surface area contributed by atoms with E-state index >= 15 is 0 Å². The van der Waals surface area contributed by atoms with Crippen LogP contribution in [-0.2, 0) is 10.0 Å². The van der Waals surface area contributed by atoms with Crippen LogP contribution in [0.25, 0.3) is 0 Å². The first kappa shape index (κ1) is 16.0. The molecular weight excluding hydrogens is 338 g/mol. The van der Waals surface area contributed by atoms with Crippen LogP contribution in [0.5, 0.6) is 0 Å². The van der Waals surface area contributed by atoms with E-state index in [0.717, 1.165) is 24.8 Å². The Balaban J connectivity index is 2.11. The third-order valence-corrected chi connectivity index (χ3v) is 6.42. The van der Waals surface area contributed by atoms with Crippen molar-refractivity contribution in [3.8, 4) is 0 Å². The summed E-state index contributed by atoms with van der Waals surface area (Å²) in [5, 5.41) is 0. The minimum absolute atomic E-state index is 0.0124. The molecule has 0 saturated heterocycles. The van der Waals surface area contributed by atoms with Crippen molar-refractivity contribution < 1.29 is 8.42 Å². The van der Waals surface area contributed by atoms with Crippen molar-refractivity contribution in [1.82, 2.24) is 4.72 Å². The van der Waals surface area contributed by atoms with Crippen LogP contribution in [0.1, 0.15) is 44.1 Å². The van der Waals surface area contributed by atoms with Crippen LogP contribution in [0.15, 0.2) is 29.2 Å². The maximum absolute atomic E-state index is 12.4. The number of rotatable bonds is 3. The van der Waals surface area contributed by atoms with Crippen LogP contribution >= 0.6 is 15.9 Å². The van der Waals surface area contributed by atoms with Crippen molar-refractivity contribution >= 4 is 26.0 Å². The first-order valence-electron chi connectivity index (χ1n) is 7.22. The van der Waals surface area contributed by atoms with E-state index in [1.165, 1.54) is 19.3 Å². The number of aryl methyl sites for hydroxylation is 1. The first-order valence-corrected chi connectivity index (χ1v) is 9.62. The summed E-state index contributed by atoms with van der Waals surface area (Å²) in [5.74, 6) is 0. The van der Waals surface area contributed by atoms with Gasteiger partial charge in [-0.2, -0.15) is 0 Å². The van der Waals surface area contributed by atoms with Gasteiger partial charge < -0.3 is 0 Å². The molecule has 1 fully saturated rings. The monoisotopic (exact) mass is 359 g/mol. The fourth-order valence-electron chi connectivity index (χ4n) is 2.56. The van der Waals surface area contributed by atoms with Crippen molar-refractivity contribution in [1.29, 1.82) is 0 Å². The smallest absolute Gasteiger partial charge is 0.207 e. The number of hydrogen-bond donors (Lipinski definition) is 1. The molecule has 0 aromatic heterocycles. The van der Waals surface area contributed by atoms with Crippen molar-refractivity contribution in [3.05, 3.63) is 29.8 Å². The molecule has 1 aromatic rings. The number of benzene rings is 1. The van der Waals surface area contributed by atoms with Gasteiger partial charge in [-0.15, -0.1) is 0 Å². The standard InChI is InChI=1S/C15H22BrNO2S/c1-12-8-10-13(11-9-12)20(18,19)17-15-7-5-3-2-4-6-14(15)16/h8-11,14-15,17H,2-7H2,1H3/t14-,15-/m1/s1. The van der Waals surface area contributed by atoms with Crippen molar-refractivity contribution in [2.24, 2.45) is 0 Å². The van der Waals surface area contributed by atoms with Gasteiger partial charge in [-0.05, 0) is 31.9 Å². The van der Waals surface area contributed by atoms with Crippen LogP contribution in [-0.4, -0.2) is 19.3 Å². The van der Waals surface area contributed by atoms with Gasteiger partial charge in [0.25, 0.3) is 0 Å². The van der Waals surface area contributed by atoms with Crippen molar-refractivity contribution in [2.75, 3.05) is 0 Å². The van der Waals surface area contributed by atoms with Crippen molar-refractivity contribution in [3.63, 3.8) is 0 Å². The van der Waals surface area contributed by atoms with E-state index in [9.17, 15) is 8.42 Å². The molecule has 3 nitrogen and oxygen atoms in total. The molecule has 2 rings (SSSR count). The van der Waals surface area contributed by atoms with Gasteiger partial charge in [0, 0.05) is 10.9 Å². The minimum Gasteiger partial charge on any atom is -0.207 e. The zero-order valence-electron chi connectivity index (χ0n) is 11.8. The van der Waals surface area contributed by atoms with E-state index < -0.39 is 10.0 Å². The van der Waals surface area contributed by atoms with Gasteiger partial charge >= 0.3 is 0 Å². The molecular formula is C15H22BrNO2S. The van der Waals surface area contributed by atoms with Crippen molar-refractivity contribution in [2.45, 2.75) is 61.2 Å². The highest BCUT2D eigenvalue weighted by Crippen LogP contribution is 2.24. The lowest BCUT2D eigenvalue weighted by atomic mass is 9.97. The summed E-state index contributed by atoms with van der Waals surface area (Å²) in [7, 11) is -3.42. The van der Waals surface area contributed by atoms with Crippen LogP contribution < -0.4 is 4.72 Å². The average molecular weight is 360 g/mol. The van der Waals surface area contributed by atoms with Gasteiger partial charge in [-0.25, -0.2) is 13.1 Å². The Bertz CT molecular complexity index is 527. The molecule has 0 amide bonds. The molecule has 1 aromatic carbocycles. The van der Waals surface area contributed by atoms with Crippen LogP contribution in [0.4, 0.5) is 0 Å². The zero-order chi connectivity index (χ0) is 14.6.